The highest BCUT2D eigenvalue weighted by molar-refractivity contribution is 5.81. The summed E-state index contributed by atoms with van der Waals surface area (Å²) in [5.74, 6) is -0.652. The van der Waals surface area contributed by atoms with E-state index < -0.39 is 5.92 Å². The van der Waals surface area contributed by atoms with Crippen LogP contribution in [-0.4, -0.2) is 11.4 Å². The third kappa shape index (κ3) is 5.24. The van der Waals surface area contributed by atoms with Crippen LogP contribution in [-0.2, 0) is 4.79 Å². The predicted octanol–water partition coefficient (Wildman–Crippen LogP) is 1.84. The van der Waals surface area contributed by atoms with Gasteiger partial charge in [0.15, 0.2) is 0 Å². The van der Waals surface area contributed by atoms with Gasteiger partial charge in [-0.2, -0.15) is 5.26 Å². The summed E-state index contributed by atoms with van der Waals surface area (Å²) in [5, 5.41) is 11.5. The molecule has 0 bridgehead atoms. The minimum atomic E-state index is -0.496. The molecule has 0 radical (unpaired) electrons. The Labute approximate surface area is 80.1 Å². The van der Waals surface area contributed by atoms with E-state index in [2.05, 4.69) is 5.32 Å². The van der Waals surface area contributed by atoms with E-state index in [0.29, 0.717) is 6.42 Å². The Hall–Kier alpha value is -1.04. The number of hydrogen-bond donors (Lipinski definition) is 1. The smallest absolute Gasteiger partial charge is 0.237 e. The van der Waals surface area contributed by atoms with Gasteiger partial charge in [-0.25, -0.2) is 0 Å². The maximum atomic E-state index is 11.4. The summed E-state index contributed by atoms with van der Waals surface area (Å²) in [7, 11) is 0. The molecule has 0 aliphatic rings. The Morgan fingerprint density at radius 2 is 2.08 bits per heavy atom. The molecule has 0 aromatic heterocycles. The zero-order valence-electron chi connectivity index (χ0n) is 8.85. The molecular weight excluding hydrogens is 164 g/mol. The van der Waals surface area contributed by atoms with E-state index in [-0.39, 0.29) is 11.4 Å². The summed E-state index contributed by atoms with van der Waals surface area (Å²) >= 11 is 0. The highest BCUT2D eigenvalue weighted by atomic mass is 16.2. The van der Waals surface area contributed by atoms with Crippen LogP contribution in [0.4, 0.5) is 0 Å². The number of amides is 1. The average molecular weight is 182 g/mol. The van der Waals surface area contributed by atoms with E-state index in [1.807, 2.05) is 33.8 Å². The zero-order valence-corrected chi connectivity index (χ0v) is 8.85. The van der Waals surface area contributed by atoms with Crippen LogP contribution in [0.5, 0.6) is 0 Å². The molecule has 3 heteroatoms. The molecular formula is C10H18N2O. The van der Waals surface area contributed by atoms with E-state index in [1.165, 1.54) is 0 Å². The Morgan fingerprint density at radius 1 is 1.54 bits per heavy atom. The number of nitrogens with zero attached hydrogens (tertiary/aromatic N) is 1. The first-order valence-corrected chi connectivity index (χ1v) is 4.62. The Kier molecular flexibility index (Phi) is 4.47. The van der Waals surface area contributed by atoms with Gasteiger partial charge in [0.25, 0.3) is 0 Å². The lowest BCUT2D eigenvalue weighted by Crippen LogP contribution is -2.43. The van der Waals surface area contributed by atoms with Crippen molar-refractivity contribution >= 4 is 5.91 Å². The van der Waals surface area contributed by atoms with Crippen LogP contribution in [0.2, 0.25) is 0 Å². The topological polar surface area (TPSA) is 52.9 Å². The monoisotopic (exact) mass is 182 g/mol. The predicted molar refractivity (Wildman–Crippen MR) is 51.9 cm³/mol. The van der Waals surface area contributed by atoms with Gasteiger partial charge in [-0.15, -0.1) is 0 Å². The number of nitriles is 1. The molecule has 3 nitrogen and oxygen atoms in total. The molecule has 0 rings (SSSR count). The largest absolute Gasteiger partial charge is 0.350 e. The molecule has 0 aromatic carbocycles. The van der Waals surface area contributed by atoms with Gasteiger partial charge in [-0.3, -0.25) is 4.79 Å². The molecule has 0 fully saturated rings. The van der Waals surface area contributed by atoms with Crippen LogP contribution in [0.15, 0.2) is 0 Å². The number of rotatable bonds is 3. The molecule has 13 heavy (non-hydrogen) atoms. The third-order valence-corrected chi connectivity index (χ3v) is 1.55. The van der Waals surface area contributed by atoms with Crippen molar-refractivity contribution in [1.82, 2.24) is 5.32 Å². The first-order chi connectivity index (χ1) is 5.90. The first kappa shape index (κ1) is 12.0. The highest BCUT2D eigenvalue weighted by Gasteiger charge is 2.21. The zero-order chi connectivity index (χ0) is 10.5. The molecule has 1 N–H and O–H groups in total. The minimum Gasteiger partial charge on any atom is -0.350 e. The molecule has 0 aromatic rings. The van der Waals surface area contributed by atoms with Gasteiger partial charge < -0.3 is 5.32 Å². The molecule has 0 spiro atoms. The maximum absolute atomic E-state index is 11.4. The molecule has 1 unspecified atom stereocenters. The SMILES string of the molecule is CCCC(C#N)C(=O)NC(C)(C)C. The standard InChI is InChI=1S/C10H18N2O/c1-5-6-8(7-11)9(13)12-10(2,3)4/h8H,5-6H2,1-4H3,(H,12,13). The van der Waals surface area contributed by atoms with Gasteiger partial charge in [0.2, 0.25) is 5.91 Å². The van der Waals surface area contributed by atoms with Gasteiger partial charge in [-0.1, -0.05) is 13.3 Å². The summed E-state index contributed by atoms with van der Waals surface area (Å²) in [6.07, 6.45) is 1.49. The molecule has 0 heterocycles. The lowest BCUT2D eigenvalue weighted by atomic mass is 10.0. The lowest BCUT2D eigenvalue weighted by molar-refractivity contribution is -0.125. The van der Waals surface area contributed by atoms with Crippen molar-refractivity contribution in [2.24, 2.45) is 5.92 Å². The second kappa shape index (κ2) is 4.86. The van der Waals surface area contributed by atoms with Crippen molar-refractivity contribution < 1.29 is 4.79 Å². The summed E-state index contributed by atoms with van der Waals surface area (Å²) in [4.78, 5) is 11.4. The van der Waals surface area contributed by atoms with Gasteiger partial charge in [-0.05, 0) is 27.2 Å². The molecule has 1 amide bonds. The molecule has 0 aliphatic carbocycles. The molecule has 0 saturated carbocycles. The van der Waals surface area contributed by atoms with Crippen LogP contribution in [0.1, 0.15) is 40.5 Å². The fourth-order valence-electron chi connectivity index (χ4n) is 1.000. The lowest BCUT2D eigenvalue weighted by Gasteiger charge is -2.22. The first-order valence-electron chi connectivity index (χ1n) is 4.62. The van der Waals surface area contributed by atoms with Crippen molar-refractivity contribution in [3.8, 4) is 6.07 Å². The minimum absolute atomic E-state index is 0.156. The van der Waals surface area contributed by atoms with Crippen LogP contribution < -0.4 is 5.32 Å². The van der Waals surface area contributed by atoms with Gasteiger partial charge in [0, 0.05) is 5.54 Å². The number of carbonyl (C=O) groups is 1. The van der Waals surface area contributed by atoms with E-state index in [4.69, 9.17) is 5.26 Å². The van der Waals surface area contributed by atoms with E-state index in [1.54, 1.807) is 0 Å². The molecule has 0 saturated heterocycles. The van der Waals surface area contributed by atoms with Gasteiger partial charge in [0.05, 0.1) is 6.07 Å². The summed E-state index contributed by atoms with van der Waals surface area (Å²) in [5.41, 5.74) is -0.250. The van der Waals surface area contributed by atoms with Crippen molar-refractivity contribution in [2.45, 2.75) is 46.1 Å². The van der Waals surface area contributed by atoms with Crippen molar-refractivity contribution in [3.63, 3.8) is 0 Å². The second-order valence-electron chi connectivity index (χ2n) is 4.21. The molecule has 74 valence electrons. The summed E-state index contributed by atoms with van der Waals surface area (Å²) in [6, 6.07) is 2.01. The van der Waals surface area contributed by atoms with Crippen LogP contribution in [0, 0.1) is 17.2 Å². The van der Waals surface area contributed by atoms with Crippen molar-refractivity contribution in [3.05, 3.63) is 0 Å². The second-order valence-corrected chi connectivity index (χ2v) is 4.21. The van der Waals surface area contributed by atoms with E-state index in [9.17, 15) is 4.79 Å². The number of nitrogens with one attached hydrogen (secondary N) is 1. The van der Waals surface area contributed by atoms with Crippen LogP contribution in [0.25, 0.3) is 0 Å². The van der Waals surface area contributed by atoms with Crippen LogP contribution in [0.3, 0.4) is 0 Å². The van der Waals surface area contributed by atoms with Crippen LogP contribution >= 0.6 is 0 Å². The van der Waals surface area contributed by atoms with E-state index >= 15 is 0 Å². The highest BCUT2D eigenvalue weighted by Crippen LogP contribution is 2.08. The third-order valence-electron chi connectivity index (χ3n) is 1.55. The van der Waals surface area contributed by atoms with Crippen molar-refractivity contribution in [1.29, 1.82) is 5.26 Å². The number of carbonyl (C=O) groups excluding carboxylic acids is 1. The van der Waals surface area contributed by atoms with E-state index in [0.717, 1.165) is 6.42 Å². The fraction of sp³-hybridized carbons (Fsp3) is 0.800. The fourth-order valence-corrected chi connectivity index (χ4v) is 1.000. The molecule has 0 aliphatic heterocycles. The Balaban J connectivity index is 4.17. The quantitative estimate of drug-likeness (QED) is 0.724. The Bertz CT molecular complexity index is 210. The van der Waals surface area contributed by atoms with Gasteiger partial charge >= 0.3 is 0 Å². The number of hydrogen-bond acceptors (Lipinski definition) is 2. The average Bonchev–Trinajstić information content (AvgIpc) is 1.96. The summed E-state index contributed by atoms with van der Waals surface area (Å²) < 4.78 is 0. The molecule has 1 atom stereocenters. The Morgan fingerprint density at radius 3 is 2.38 bits per heavy atom. The summed E-state index contributed by atoms with van der Waals surface area (Å²) in [6.45, 7) is 7.69. The van der Waals surface area contributed by atoms with Gasteiger partial charge in [0.1, 0.15) is 5.92 Å². The van der Waals surface area contributed by atoms with Crippen molar-refractivity contribution in [2.75, 3.05) is 0 Å². The normalized spacial score (nSPS) is 13.2. The maximum Gasteiger partial charge on any atom is 0.237 e.